The molecule has 21 heavy (non-hydrogen) atoms. The van der Waals surface area contributed by atoms with Crippen LogP contribution in [0.3, 0.4) is 0 Å². The summed E-state index contributed by atoms with van der Waals surface area (Å²) in [7, 11) is -3.56. The van der Waals surface area contributed by atoms with Crippen LogP contribution in [0, 0.1) is 0 Å². The molecule has 3 unspecified atom stereocenters. The molecule has 0 amide bonds. The van der Waals surface area contributed by atoms with Gasteiger partial charge in [-0.3, -0.25) is 0 Å². The molecule has 2 fully saturated rings. The summed E-state index contributed by atoms with van der Waals surface area (Å²) in [5, 5.41) is 9.37. The van der Waals surface area contributed by atoms with Crippen LogP contribution in [-0.4, -0.2) is 31.8 Å². The smallest absolute Gasteiger partial charge is 0.240 e. The number of ether oxygens (including phenoxy) is 1. The van der Waals surface area contributed by atoms with Gasteiger partial charge in [-0.1, -0.05) is 13.0 Å². The number of aliphatic hydroxyl groups is 1. The molecule has 0 aliphatic carbocycles. The molecule has 0 spiro atoms. The minimum absolute atomic E-state index is 0.0111. The summed E-state index contributed by atoms with van der Waals surface area (Å²) in [5.41, 5.74) is 1.64. The van der Waals surface area contributed by atoms with Crippen molar-refractivity contribution in [1.29, 1.82) is 0 Å². The third-order valence-electron chi connectivity index (χ3n) is 4.45. The van der Waals surface area contributed by atoms with Crippen LogP contribution < -0.4 is 4.72 Å². The number of aliphatic hydroxyl groups excluding tert-OH is 1. The number of hydrogen-bond donors (Lipinski definition) is 2. The second-order valence-corrected chi connectivity index (χ2v) is 7.49. The average Bonchev–Trinajstić information content (AvgIpc) is 3.08. The van der Waals surface area contributed by atoms with Gasteiger partial charge >= 0.3 is 0 Å². The highest BCUT2D eigenvalue weighted by Gasteiger charge is 2.42. The lowest BCUT2D eigenvalue weighted by molar-refractivity contribution is 0.0996. The number of sulfonamides is 1. The Hall–Kier alpha value is -0.950. The van der Waals surface area contributed by atoms with E-state index < -0.39 is 10.0 Å². The zero-order chi connectivity index (χ0) is 15.0. The molecule has 5 nitrogen and oxygen atoms in total. The summed E-state index contributed by atoms with van der Waals surface area (Å²) in [5.74, 6) is 0. The number of benzene rings is 1. The molecule has 0 saturated carbocycles. The van der Waals surface area contributed by atoms with E-state index in [1.807, 2.05) is 6.92 Å². The maximum absolute atomic E-state index is 12.5. The Kier molecular flexibility index (Phi) is 4.05. The second kappa shape index (κ2) is 5.68. The molecule has 3 atom stereocenters. The summed E-state index contributed by atoms with van der Waals surface area (Å²) in [4.78, 5) is 0.214. The van der Waals surface area contributed by atoms with Crippen molar-refractivity contribution in [3.8, 4) is 0 Å². The van der Waals surface area contributed by atoms with Crippen LogP contribution in [0.2, 0.25) is 0 Å². The van der Waals surface area contributed by atoms with Gasteiger partial charge in [0.2, 0.25) is 10.0 Å². The van der Waals surface area contributed by atoms with E-state index in [1.54, 1.807) is 18.2 Å². The lowest BCUT2D eigenvalue weighted by Crippen LogP contribution is -2.41. The van der Waals surface area contributed by atoms with Crippen LogP contribution in [0.4, 0.5) is 0 Å². The normalized spacial score (nSPS) is 28.2. The van der Waals surface area contributed by atoms with Crippen LogP contribution in [0.5, 0.6) is 0 Å². The number of aryl methyl sites for hydroxylation is 1. The SMILES string of the molecule is CCc1ccc(S(=O)(=O)NC2CC3CCC2O3)cc1CO. The van der Waals surface area contributed by atoms with E-state index in [0.29, 0.717) is 5.56 Å². The van der Waals surface area contributed by atoms with Gasteiger partial charge in [-0.15, -0.1) is 0 Å². The first-order valence-electron chi connectivity index (χ1n) is 7.44. The molecule has 0 radical (unpaired) electrons. The Morgan fingerprint density at radius 3 is 2.71 bits per heavy atom. The third kappa shape index (κ3) is 2.85. The van der Waals surface area contributed by atoms with Gasteiger partial charge in [0.15, 0.2) is 0 Å². The van der Waals surface area contributed by atoms with Crippen molar-refractivity contribution in [2.45, 2.75) is 62.4 Å². The monoisotopic (exact) mass is 311 g/mol. The lowest BCUT2D eigenvalue weighted by Gasteiger charge is -2.20. The Balaban J connectivity index is 1.81. The van der Waals surface area contributed by atoms with Crippen LogP contribution in [0.25, 0.3) is 0 Å². The maximum Gasteiger partial charge on any atom is 0.240 e. The molecule has 2 N–H and O–H groups in total. The van der Waals surface area contributed by atoms with Gasteiger partial charge in [-0.25, -0.2) is 13.1 Å². The molecular weight excluding hydrogens is 290 g/mol. The van der Waals surface area contributed by atoms with Gasteiger partial charge in [0, 0.05) is 0 Å². The number of rotatable bonds is 5. The first-order chi connectivity index (χ1) is 10.0. The van der Waals surface area contributed by atoms with Gasteiger partial charge < -0.3 is 9.84 Å². The maximum atomic E-state index is 12.5. The van der Waals surface area contributed by atoms with Crippen molar-refractivity contribution < 1.29 is 18.3 Å². The van der Waals surface area contributed by atoms with Gasteiger partial charge in [0.05, 0.1) is 29.8 Å². The number of fused-ring (bicyclic) bond motifs is 2. The van der Waals surface area contributed by atoms with E-state index in [2.05, 4.69) is 4.72 Å². The molecule has 2 aliphatic rings. The predicted octanol–water partition coefficient (Wildman–Crippen LogP) is 1.34. The van der Waals surface area contributed by atoms with Crippen LogP contribution >= 0.6 is 0 Å². The van der Waals surface area contributed by atoms with E-state index in [9.17, 15) is 13.5 Å². The zero-order valence-electron chi connectivity index (χ0n) is 12.1. The van der Waals surface area contributed by atoms with E-state index in [1.165, 1.54) is 0 Å². The minimum Gasteiger partial charge on any atom is -0.392 e. The summed E-state index contributed by atoms with van der Waals surface area (Å²) in [6, 6.07) is 4.82. The molecule has 3 rings (SSSR count). The van der Waals surface area contributed by atoms with Gasteiger partial charge in [0.1, 0.15) is 0 Å². The van der Waals surface area contributed by atoms with E-state index in [-0.39, 0.29) is 29.8 Å². The standard InChI is InChI=1S/C15H21NO4S/c1-2-10-3-5-13(7-11(10)9-17)21(18,19)16-14-8-12-4-6-15(14)20-12/h3,5,7,12,14-17H,2,4,6,8-9H2,1H3. The van der Waals surface area contributed by atoms with Crippen LogP contribution in [0.15, 0.2) is 23.1 Å². The van der Waals surface area contributed by atoms with Gasteiger partial charge in [0.25, 0.3) is 0 Å². The fourth-order valence-electron chi connectivity index (χ4n) is 3.29. The van der Waals surface area contributed by atoms with E-state index >= 15 is 0 Å². The summed E-state index contributed by atoms with van der Waals surface area (Å²) in [6.07, 6.45) is 3.69. The Morgan fingerprint density at radius 2 is 2.14 bits per heavy atom. The minimum atomic E-state index is -3.56. The summed E-state index contributed by atoms with van der Waals surface area (Å²) < 4.78 is 33.4. The van der Waals surface area contributed by atoms with Crippen molar-refractivity contribution in [3.05, 3.63) is 29.3 Å². The first kappa shape index (κ1) is 15.0. The van der Waals surface area contributed by atoms with Gasteiger partial charge in [-0.2, -0.15) is 0 Å². The van der Waals surface area contributed by atoms with Crippen molar-refractivity contribution in [1.82, 2.24) is 4.72 Å². The second-order valence-electron chi connectivity index (χ2n) is 5.78. The Labute approximate surface area is 125 Å². The highest BCUT2D eigenvalue weighted by atomic mass is 32.2. The largest absolute Gasteiger partial charge is 0.392 e. The molecular formula is C15H21NO4S. The van der Waals surface area contributed by atoms with Crippen molar-refractivity contribution in [2.24, 2.45) is 0 Å². The zero-order valence-corrected chi connectivity index (χ0v) is 12.9. The lowest BCUT2D eigenvalue weighted by atomic mass is 9.96. The first-order valence-corrected chi connectivity index (χ1v) is 8.92. The van der Waals surface area contributed by atoms with Crippen molar-refractivity contribution in [2.75, 3.05) is 0 Å². The molecule has 2 saturated heterocycles. The predicted molar refractivity (Wildman–Crippen MR) is 78.4 cm³/mol. The van der Waals surface area contributed by atoms with Crippen LogP contribution in [-0.2, 0) is 27.8 Å². The molecule has 6 heteroatoms. The molecule has 1 aromatic carbocycles. The molecule has 2 aliphatic heterocycles. The molecule has 2 heterocycles. The molecule has 2 bridgehead atoms. The number of hydrogen-bond acceptors (Lipinski definition) is 4. The fraction of sp³-hybridized carbons (Fsp3) is 0.600. The van der Waals surface area contributed by atoms with Crippen LogP contribution in [0.1, 0.15) is 37.3 Å². The summed E-state index contributed by atoms with van der Waals surface area (Å²) in [6.45, 7) is 1.83. The topological polar surface area (TPSA) is 75.6 Å². The fourth-order valence-corrected chi connectivity index (χ4v) is 4.62. The van der Waals surface area contributed by atoms with Crippen molar-refractivity contribution >= 4 is 10.0 Å². The molecule has 1 aromatic rings. The quantitative estimate of drug-likeness (QED) is 0.860. The Morgan fingerprint density at radius 1 is 1.33 bits per heavy atom. The third-order valence-corrected chi connectivity index (χ3v) is 5.94. The highest BCUT2D eigenvalue weighted by Crippen LogP contribution is 2.35. The highest BCUT2D eigenvalue weighted by molar-refractivity contribution is 7.89. The van der Waals surface area contributed by atoms with E-state index in [0.717, 1.165) is 31.2 Å². The molecule has 0 aromatic heterocycles. The van der Waals surface area contributed by atoms with Crippen molar-refractivity contribution in [3.63, 3.8) is 0 Å². The van der Waals surface area contributed by atoms with Gasteiger partial charge in [-0.05, 0) is 48.9 Å². The average molecular weight is 311 g/mol. The number of nitrogens with one attached hydrogen (secondary N) is 1. The summed E-state index contributed by atoms with van der Waals surface area (Å²) >= 11 is 0. The molecule has 116 valence electrons. The van der Waals surface area contributed by atoms with E-state index in [4.69, 9.17) is 4.74 Å². The Bertz CT molecular complexity index is 629.